The van der Waals surface area contributed by atoms with Gasteiger partial charge in [0.1, 0.15) is 0 Å². The third-order valence-electron chi connectivity index (χ3n) is 2.53. The molecule has 0 aliphatic heterocycles. The summed E-state index contributed by atoms with van der Waals surface area (Å²) in [5.74, 6) is 5.51. The summed E-state index contributed by atoms with van der Waals surface area (Å²) < 4.78 is 5.30. The van der Waals surface area contributed by atoms with Gasteiger partial charge in [-0.05, 0) is 37.5 Å². The van der Waals surface area contributed by atoms with Crippen LogP contribution in [0.1, 0.15) is 18.9 Å². The lowest BCUT2D eigenvalue weighted by molar-refractivity contribution is 0.136. The molecule has 0 aromatic heterocycles. The first-order valence-electron chi connectivity index (χ1n) is 5.65. The average Bonchev–Trinajstić information content (AvgIpc) is 2.31. The molecule has 1 aromatic carbocycles. The molecule has 0 fully saturated rings. The number of nitrogens with two attached hydrogens (primary N) is 1. The molecular weight excluding hydrogens is 259 g/mol. The molecule has 1 unspecified atom stereocenters. The second-order valence-corrected chi connectivity index (χ2v) is 4.63. The Labute approximate surface area is 112 Å². The van der Waals surface area contributed by atoms with Crippen molar-refractivity contribution in [2.75, 3.05) is 13.2 Å². The Hall–Kier alpha value is -0.320. The van der Waals surface area contributed by atoms with Crippen LogP contribution in [0, 0.1) is 0 Å². The van der Waals surface area contributed by atoms with Gasteiger partial charge in [0, 0.05) is 29.3 Å². The molecule has 0 radical (unpaired) electrons. The van der Waals surface area contributed by atoms with E-state index >= 15 is 0 Å². The van der Waals surface area contributed by atoms with Gasteiger partial charge in [0.15, 0.2) is 0 Å². The Kier molecular flexibility index (Phi) is 6.85. The van der Waals surface area contributed by atoms with Crippen LogP contribution in [0.25, 0.3) is 0 Å². The van der Waals surface area contributed by atoms with Gasteiger partial charge in [0.05, 0.1) is 0 Å². The van der Waals surface area contributed by atoms with Gasteiger partial charge in [0.25, 0.3) is 0 Å². The Morgan fingerprint density at radius 3 is 2.76 bits per heavy atom. The minimum absolute atomic E-state index is 0.153. The predicted octanol–water partition coefficient (Wildman–Crippen LogP) is 2.79. The lowest BCUT2D eigenvalue weighted by Gasteiger charge is -2.16. The molecule has 0 aliphatic carbocycles. The van der Waals surface area contributed by atoms with E-state index < -0.39 is 0 Å². The molecule has 1 rings (SSSR count). The summed E-state index contributed by atoms with van der Waals surface area (Å²) >= 11 is 12.0. The van der Waals surface area contributed by atoms with Gasteiger partial charge in [-0.15, -0.1) is 0 Å². The van der Waals surface area contributed by atoms with Crippen LogP contribution in [-0.4, -0.2) is 19.3 Å². The Balaban J connectivity index is 2.54. The zero-order valence-electron chi connectivity index (χ0n) is 9.88. The first kappa shape index (κ1) is 14.7. The molecule has 0 aliphatic rings. The summed E-state index contributed by atoms with van der Waals surface area (Å²) in [5, 5.41) is 1.32. The molecule has 0 saturated heterocycles. The molecule has 0 spiro atoms. The number of nitrogens with one attached hydrogen (secondary N) is 1. The number of hydrazine groups is 1. The second kappa shape index (κ2) is 7.90. The molecule has 0 saturated carbocycles. The van der Waals surface area contributed by atoms with E-state index in [-0.39, 0.29) is 6.04 Å². The summed E-state index contributed by atoms with van der Waals surface area (Å²) in [5.41, 5.74) is 3.82. The third kappa shape index (κ3) is 5.23. The highest BCUT2D eigenvalue weighted by Crippen LogP contribution is 2.22. The maximum absolute atomic E-state index is 6.11. The predicted molar refractivity (Wildman–Crippen MR) is 72.4 cm³/mol. The van der Waals surface area contributed by atoms with Crippen molar-refractivity contribution in [1.29, 1.82) is 0 Å². The first-order chi connectivity index (χ1) is 8.17. The minimum atomic E-state index is 0.153. The fourth-order valence-corrected chi connectivity index (χ4v) is 2.05. The lowest BCUT2D eigenvalue weighted by atomic mass is 10.0. The van der Waals surface area contributed by atoms with Gasteiger partial charge < -0.3 is 4.74 Å². The van der Waals surface area contributed by atoms with Crippen molar-refractivity contribution in [1.82, 2.24) is 5.43 Å². The van der Waals surface area contributed by atoms with E-state index in [0.717, 1.165) is 25.0 Å². The molecule has 0 bridgehead atoms. The van der Waals surface area contributed by atoms with Crippen LogP contribution < -0.4 is 11.3 Å². The highest BCUT2D eigenvalue weighted by atomic mass is 35.5. The lowest BCUT2D eigenvalue weighted by Crippen LogP contribution is -2.37. The van der Waals surface area contributed by atoms with Crippen LogP contribution in [0.4, 0.5) is 0 Å². The van der Waals surface area contributed by atoms with Crippen molar-refractivity contribution >= 4 is 23.2 Å². The smallest absolute Gasteiger partial charge is 0.0481 e. The summed E-state index contributed by atoms with van der Waals surface area (Å²) in [6.07, 6.45) is 1.61. The minimum Gasteiger partial charge on any atom is -0.382 e. The van der Waals surface area contributed by atoms with Crippen molar-refractivity contribution < 1.29 is 4.74 Å². The van der Waals surface area contributed by atoms with Gasteiger partial charge in [-0.1, -0.05) is 29.3 Å². The summed E-state index contributed by atoms with van der Waals surface area (Å²) in [6, 6.07) is 5.66. The van der Waals surface area contributed by atoms with Gasteiger partial charge in [-0.3, -0.25) is 11.3 Å². The van der Waals surface area contributed by atoms with E-state index in [2.05, 4.69) is 5.43 Å². The molecule has 3 N–H and O–H groups in total. The van der Waals surface area contributed by atoms with Crippen molar-refractivity contribution in [3.05, 3.63) is 33.8 Å². The standard InChI is InChI=1S/C12H18Cl2N2O/c1-2-17-6-5-11(16-15)7-9-3-4-10(13)8-12(9)14/h3-4,8,11,16H,2,5-7,15H2,1H3. The number of hydrogen-bond donors (Lipinski definition) is 2. The van der Waals surface area contributed by atoms with E-state index in [1.807, 2.05) is 19.1 Å². The van der Waals surface area contributed by atoms with Gasteiger partial charge in [-0.2, -0.15) is 0 Å². The van der Waals surface area contributed by atoms with Crippen LogP contribution in [0.2, 0.25) is 10.0 Å². The van der Waals surface area contributed by atoms with Crippen LogP contribution in [0.5, 0.6) is 0 Å². The maximum Gasteiger partial charge on any atom is 0.0481 e. The third-order valence-corrected chi connectivity index (χ3v) is 3.12. The average molecular weight is 277 g/mol. The Bertz CT molecular complexity index is 347. The normalized spacial score (nSPS) is 12.7. The van der Waals surface area contributed by atoms with Crippen molar-refractivity contribution in [3.8, 4) is 0 Å². The van der Waals surface area contributed by atoms with E-state index in [1.165, 1.54) is 0 Å². The van der Waals surface area contributed by atoms with Crippen LogP contribution in [-0.2, 0) is 11.2 Å². The first-order valence-corrected chi connectivity index (χ1v) is 6.40. The largest absolute Gasteiger partial charge is 0.382 e. The van der Waals surface area contributed by atoms with Crippen molar-refractivity contribution in [2.24, 2.45) is 5.84 Å². The fraction of sp³-hybridized carbons (Fsp3) is 0.500. The van der Waals surface area contributed by atoms with Gasteiger partial charge >= 0.3 is 0 Å². The molecule has 1 aromatic rings. The highest BCUT2D eigenvalue weighted by molar-refractivity contribution is 6.35. The molecule has 0 amide bonds. The molecule has 0 heterocycles. The number of hydrogen-bond acceptors (Lipinski definition) is 3. The molecule has 5 heteroatoms. The van der Waals surface area contributed by atoms with Crippen molar-refractivity contribution in [2.45, 2.75) is 25.8 Å². The molecule has 3 nitrogen and oxygen atoms in total. The van der Waals surface area contributed by atoms with Crippen LogP contribution in [0.15, 0.2) is 18.2 Å². The summed E-state index contributed by atoms with van der Waals surface area (Å²) in [4.78, 5) is 0. The summed E-state index contributed by atoms with van der Waals surface area (Å²) in [6.45, 7) is 3.39. The van der Waals surface area contributed by atoms with Crippen LogP contribution >= 0.6 is 23.2 Å². The molecule has 96 valence electrons. The van der Waals surface area contributed by atoms with Gasteiger partial charge in [-0.25, -0.2) is 0 Å². The van der Waals surface area contributed by atoms with Crippen molar-refractivity contribution in [3.63, 3.8) is 0 Å². The highest BCUT2D eigenvalue weighted by Gasteiger charge is 2.10. The molecule has 1 atom stereocenters. The zero-order valence-corrected chi connectivity index (χ0v) is 11.4. The van der Waals surface area contributed by atoms with E-state index in [9.17, 15) is 0 Å². The monoisotopic (exact) mass is 276 g/mol. The van der Waals surface area contributed by atoms with Crippen LogP contribution in [0.3, 0.4) is 0 Å². The van der Waals surface area contributed by atoms with E-state index in [1.54, 1.807) is 6.07 Å². The molecule has 17 heavy (non-hydrogen) atoms. The molecular formula is C12H18Cl2N2O. The van der Waals surface area contributed by atoms with E-state index in [4.69, 9.17) is 33.8 Å². The topological polar surface area (TPSA) is 47.3 Å². The zero-order chi connectivity index (χ0) is 12.7. The Morgan fingerprint density at radius 1 is 1.41 bits per heavy atom. The summed E-state index contributed by atoms with van der Waals surface area (Å²) in [7, 11) is 0. The fourth-order valence-electron chi connectivity index (χ4n) is 1.57. The van der Waals surface area contributed by atoms with E-state index in [0.29, 0.717) is 16.7 Å². The number of halogens is 2. The quantitative estimate of drug-likeness (QED) is 0.457. The number of rotatable bonds is 7. The number of ether oxygens (including phenoxy) is 1. The van der Waals surface area contributed by atoms with Gasteiger partial charge in [0.2, 0.25) is 0 Å². The maximum atomic E-state index is 6.11. The second-order valence-electron chi connectivity index (χ2n) is 3.79. The SMILES string of the molecule is CCOCCC(Cc1ccc(Cl)cc1Cl)NN. The Morgan fingerprint density at radius 2 is 2.18 bits per heavy atom. The number of benzene rings is 1.